The van der Waals surface area contributed by atoms with Crippen LogP contribution in [-0.2, 0) is 16.0 Å². The second-order valence-electron chi connectivity index (χ2n) is 4.02. The molecule has 88 valence electrons. The van der Waals surface area contributed by atoms with Crippen molar-refractivity contribution < 1.29 is 9.53 Å². The van der Waals surface area contributed by atoms with Gasteiger partial charge in [0.1, 0.15) is 0 Å². The van der Waals surface area contributed by atoms with Gasteiger partial charge in [0, 0.05) is 18.0 Å². The highest BCUT2D eigenvalue weighted by atomic mass is 16.5. The van der Waals surface area contributed by atoms with Crippen molar-refractivity contribution in [1.29, 1.82) is 0 Å². The number of methoxy groups -OCH3 is 1. The number of ether oxygens (including phenoxy) is 1. The van der Waals surface area contributed by atoms with E-state index in [4.69, 9.17) is 0 Å². The fraction of sp³-hybridized carbons (Fsp3) is 0.286. The maximum absolute atomic E-state index is 11.1. The number of benzene rings is 1. The smallest absolute Gasteiger partial charge is 0.305 e. The van der Waals surface area contributed by atoms with Gasteiger partial charge in [0.15, 0.2) is 0 Å². The van der Waals surface area contributed by atoms with E-state index in [-0.39, 0.29) is 5.97 Å². The molecule has 0 spiro atoms. The number of hydrogen-bond acceptors (Lipinski definition) is 3. The Balaban J connectivity index is 2.34. The topological polar surface area (TPSA) is 39.2 Å². The number of pyridine rings is 1. The lowest BCUT2D eigenvalue weighted by atomic mass is 10.0. The summed E-state index contributed by atoms with van der Waals surface area (Å²) >= 11 is 0. The van der Waals surface area contributed by atoms with Crippen LogP contribution in [0.15, 0.2) is 30.5 Å². The Labute approximate surface area is 100 Å². The summed E-state index contributed by atoms with van der Waals surface area (Å²) in [4.78, 5) is 15.5. The lowest BCUT2D eigenvalue weighted by Gasteiger charge is -2.06. The number of carbonyl (C=O) groups excluding carboxylic acids is 1. The summed E-state index contributed by atoms with van der Waals surface area (Å²) in [6.07, 6.45) is 2.87. The van der Waals surface area contributed by atoms with Gasteiger partial charge >= 0.3 is 5.97 Å². The van der Waals surface area contributed by atoms with Crippen molar-refractivity contribution in [2.45, 2.75) is 19.8 Å². The van der Waals surface area contributed by atoms with Crippen LogP contribution in [0, 0.1) is 6.92 Å². The Morgan fingerprint density at radius 2 is 2.18 bits per heavy atom. The third kappa shape index (κ3) is 2.44. The molecule has 0 amide bonds. The molecule has 0 bridgehead atoms. The molecular formula is C14H15NO2. The predicted octanol–water partition coefficient (Wildman–Crippen LogP) is 2.65. The van der Waals surface area contributed by atoms with Gasteiger partial charge in [-0.2, -0.15) is 0 Å². The highest BCUT2D eigenvalue weighted by Crippen LogP contribution is 2.20. The number of para-hydroxylation sites is 1. The summed E-state index contributed by atoms with van der Waals surface area (Å²) in [7, 11) is 1.41. The van der Waals surface area contributed by atoms with Gasteiger partial charge in [-0.15, -0.1) is 0 Å². The predicted molar refractivity (Wildman–Crippen MR) is 66.8 cm³/mol. The molecule has 3 heteroatoms. The van der Waals surface area contributed by atoms with E-state index >= 15 is 0 Å². The van der Waals surface area contributed by atoms with Crippen LogP contribution in [0.3, 0.4) is 0 Å². The highest BCUT2D eigenvalue weighted by molar-refractivity contribution is 5.85. The minimum absolute atomic E-state index is 0.186. The SMILES string of the molecule is COC(=O)CCc1cccc2c(C)ccnc12. The van der Waals surface area contributed by atoms with Crippen molar-refractivity contribution in [1.82, 2.24) is 4.98 Å². The van der Waals surface area contributed by atoms with Crippen LogP contribution in [0.25, 0.3) is 10.9 Å². The average molecular weight is 229 g/mol. The maximum Gasteiger partial charge on any atom is 0.305 e. The summed E-state index contributed by atoms with van der Waals surface area (Å²) in [5.74, 6) is -0.186. The van der Waals surface area contributed by atoms with Crippen molar-refractivity contribution in [2.75, 3.05) is 7.11 Å². The molecule has 1 aromatic heterocycles. The Morgan fingerprint density at radius 3 is 2.94 bits per heavy atom. The second-order valence-corrected chi connectivity index (χ2v) is 4.02. The third-order valence-electron chi connectivity index (χ3n) is 2.90. The molecule has 2 aromatic rings. The molecule has 0 aliphatic carbocycles. The molecule has 0 aliphatic rings. The van der Waals surface area contributed by atoms with E-state index in [0.717, 1.165) is 16.5 Å². The van der Waals surface area contributed by atoms with E-state index in [9.17, 15) is 4.79 Å². The lowest BCUT2D eigenvalue weighted by molar-refractivity contribution is -0.140. The Bertz CT molecular complexity index is 549. The number of rotatable bonds is 3. The van der Waals surface area contributed by atoms with Gasteiger partial charge < -0.3 is 4.74 Å². The number of carbonyl (C=O) groups is 1. The van der Waals surface area contributed by atoms with Crippen molar-refractivity contribution in [3.8, 4) is 0 Å². The van der Waals surface area contributed by atoms with Gasteiger partial charge in [0.05, 0.1) is 12.6 Å². The van der Waals surface area contributed by atoms with Crippen molar-refractivity contribution in [3.05, 3.63) is 41.6 Å². The molecule has 3 nitrogen and oxygen atoms in total. The number of hydrogen-bond donors (Lipinski definition) is 0. The van der Waals surface area contributed by atoms with E-state index in [1.165, 1.54) is 12.7 Å². The molecule has 17 heavy (non-hydrogen) atoms. The molecule has 0 radical (unpaired) electrons. The fourth-order valence-corrected chi connectivity index (χ4v) is 1.92. The van der Waals surface area contributed by atoms with Gasteiger partial charge in [-0.1, -0.05) is 18.2 Å². The summed E-state index contributed by atoms with van der Waals surface area (Å²) in [5.41, 5.74) is 3.28. The molecule has 0 atom stereocenters. The maximum atomic E-state index is 11.1. The zero-order valence-electron chi connectivity index (χ0n) is 10.1. The minimum atomic E-state index is -0.186. The standard InChI is InChI=1S/C14H15NO2/c1-10-8-9-15-14-11(4-3-5-12(10)14)6-7-13(16)17-2/h3-5,8-9H,6-7H2,1-2H3. The summed E-state index contributed by atoms with van der Waals surface area (Å²) < 4.78 is 4.65. The molecule has 0 saturated carbocycles. The zero-order chi connectivity index (χ0) is 12.3. The van der Waals surface area contributed by atoms with Crippen LogP contribution < -0.4 is 0 Å². The van der Waals surface area contributed by atoms with Gasteiger partial charge in [-0.25, -0.2) is 0 Å². The largest absolute Gasteiger partial charge is 0.469 e. The molecule has 1 aromatic carbocycles. The van der Waals surface area contributed by atoms with Crippen LogP contribution in [0.4, 0.5) is 0 Å². The molecule has 1 heterocycles. The lowest BCUT2D eigenvalue weighted by Crippen LogP contribution is -2.02. The van der Waals surface area contributed by atoms with E-state index in [0.29, 0.717) is 12.8 Å². The van der Waals surface area contributed by atoms with Crippen LogP contribution in [-0.4, -0.2) is 18.1 Å². The molecule has 0 saturated heterocycles. The summed E-state index contributed by atoms with van der Waals surface area (Å²) in [6.45, 7) is 2.06. The Hall–Kier alpha value is -1.90. The van der Waals surface area contributed by atoms with Crippen molar-refractivity contribution in [2.24, 2.45) is 0 Å². The second kappa shape index (κ2) is 4.95. The first-order chi connectivity index (χ1) is 8.22. The van der Waals surface area contributed by atoms with Crippen molar-refractivity contribution in [3.63, 3.8) is 0 Å². The first-order valence-corrected chi connectivity index (χ1v) is 5.62. The van der Waals surface area contributed by atoms with Crippen LogP contribution in [0.5, 0.6) is 0 Å². The normalized spacial score (nSPS) is 10.5. The van der Waals surface area contributed by atoms with Gasteiger partial charge in [0.2, 0.25) is 0 Å². The van der Waals surface area contributed by atoms with E-state index < -0.39 is 0 Å². The fourth-order valence-electron chi connectivity index (χ4n) is 1.92. The Morgan fingerprint density at radius 1 is 1.35 bits per heavy atom. The number of esters is 1. The number of fused-ring (bicyclic) bond motifs is 1. The Kier molecular flexibility index (Phi) is 3.38. The third-order valence-corrected chi connectivity index (χ3v) is 2.90. The number of nitrogens with zero attached hydrogens (tertiary/aromatic N) is 1. The van der Waals surface area contributed by atoms with E-state index in [1.54, 1.807) is 6.20 Å². The van der Waals surface area contributed by atoms with Crippen LogP contribution in [0.2, 0.25) is 0 Å². The number of aromatic nitrogens is 1. The average Bonchev–Trinajstić information content (AvgIpc) is 2.36. The molecule has 2 rings (SSSR count). The quantitative estimate of drug-likeness (QED) is 0.759. The number of aryl methyl sites for hydroxylation is 2. The minimum Gasteiger partial charge on any atom is -0.469 e. The first-order valence-electron chi connectivity index (χ1n) is 5.62. The molecular weight excluding hydrogens is 214 g/mol. The van der Waals surface area contributed by atoms with Gasteiger partial charge in [0.25, 0.3) is 0 Å². The van der Waals surface area contributed by atoms with Gasteiger partial charge in [-0.3, -0.25) is 9.78 Å². The summed E-state index contributed by atoms with van der Waals surface area (Å²) in [6, 6.07) is 8.06. The molecule has 0 N–H and O–H groups in total. The highest BCUT2D eigenvalue weighted by Gasteiger charge is 2.06. The van der Waals surface area contributed by atoms with E-state index in [2.05, 4.69) is 22.7 Å². The summed E-state index contributed by atoms with van der Waals surface area (Å²) in [5, 5.41) is 1.15. The first kappa shape index (κ1) is 11.6. The van der Waals surface area contributed by atoms with E-state index in [1.807, 2.05) is 18.2 Å². The monoisotopic (exact) mass is 229 g/mol. The molecule has 0 fully saturated rings. The van der Waals surface area contributed by atoms with Crippen molar-refractivity contribution >= 4 is 16.9 Å². The van der Waals surface area contributed by atoms with Crippen LogP contribution >= 0.6 is 0 Å². The van der Waals surface area contributed by atoms with Crippen LogP contribution in [0.1, 0.15) is 17.5 Å². The zero-order valence-corrected chi connectivity index (χ0v) is 10.1. The van der Waals surface area contributed by atoms with Gasteiger partial charge in [-0.05, 0) is 30.5 Å². The molecule has 0 aliphatic heterocycles. The molecule has 0 unspecified atom stereocenters.